The van der Waals surface area contributed by atoms with E-state index in [2.05, 4.69) is 34.3 Å². The van der Waals surface area contributed by atoms with Gasteiger partial charge in [-0.15, -0.1) is 11.3 Å². The summed E-state index contributed by atoms with van der Waals surface area (Å²) in [5, 5.41) is 5.44. The summed E-state index contributed by atoms with van der Waals surface area (Å²) in [4.78, 5) is 18.3. The van der Waals surface area contributed by atoms with Gasteiger partial charge in [-0.3, -0.25) is 9.69 Å². The Morgan fingerprint density at radius 2 is 2.10 bits per heavy atom. The minimum Gasteiger partial charge on any atom is -0.301 e. The summed E-state index contributed by atoms with van der Waals surface area (Å²) < 4.78 is 0. The summed E-state index contributed by atoms with van der Waals surface area (Å²) in [5.41, 5.74) is 2.15. The molecular weight excluding hydrogens is 270 g/mol. The lowest BCUT2D eigenvalue weighted by molar-refractivity contribution is -0.117. The van der Waals surface area contributed by atoms with Gasteiger partial charge in [-0.1, -0.05) is 37.3 Å². The molecule has 0 bridgehead atoms. The van der Waals surface area contributed by atoms with E-state index in [0.717, 1.165) is 18.8 Å². The lowest BCUT2D eigenvalue weighted by atomic mass is 10.2. The Hall–Kier alpha value is -1.72. The van der Waals surface area contributed by atoms with Crippen molar-refractivity contribution in [1.82, 2.24) is 9.88 Å². The van der Waals surface area contributed by atoms with Crippen LogP contribution in [0.2, 0.25) is 0 Å². The molecule has 1 N–H and O–H groups in total. The molecule has 2 rings (SSSR count). The first-order valence-electron chi connectivity index (χ1n) is 6.65. The molecule has 1 aromatic carbocycles. The Kier molecular flexibility index (Phi) is 5.26. The predicted molar refractivity (Wildman–Crippen MR) is 82.9 cm³/mol. The molecule has 0 atom stereocenters. The van der Waals surface area contributed by atoms with Gasteiger partial charge in [0, 0.05) is 11.9 Å². The minimum absolute atomic E-state index is 0.0165. The van der Waals surface area contributed by atoms with Gasteiger partial charge in [0.05, 0.1) is 12.2 Å². The van der Waals surface area contributed by atoms with E-state index >= 15 is 0 Å². The molecule has 5 heteroatoms. The maximum Gasteiger partial charge on any atom is 0.240 e. The largest absolute Gasteiger partial charge is 0.301 e. The maximum absolute atomic E-state index is 12.0. The fourth-order valence-electron chi connectivity index (χ4n) is 1.89. The first-order valence-corrected chi connectivity index (χ1v) is 7.53. The molecule has 0 fully saturated rings. The number of nitrogens with zero attached hydrogens (tertiary/aromatic N) is 2. The van der Waals surface area contributed by atoms with E-state index in [4.69, 9.17) is 0 Å². The molecule has 1 heterocycles. The third-order valence-electron chi connectivity index (χ3n) is 2.93. The van der Waals surface area contributed by atoms with E-state index in [1.165, 1.54) is 16.9 Å². The van der Waals surface area contributed by atoms with E-state index in [0.29, 0.717) is 11.7 Å². The number of carbonyl (C=O) groups is 1. The van der Waals surface area contributed by atoms with E-state index in [9.17, 15) is 4.79 Å². The third-order valence-corrected chi connectivity index (χ3v) is 3.80. The SMILES string of the molecule is CCN(CC(=O)Nc1nc(C)cs1)Cc1ccccc1. The van der Waals surface area contributed by atoms with Gasteiger partial charge < -0.3 is 5.32 Å². The van der Waals surface area contributed by atoms with Crippen LogP contribution in [0, 0.1) is 6.92 Å². The molecule has 1 amide bonds. The van der Waals surface area contributed by atoms with E-state index in [-0.39, 0.29) is 5.91 Å². The van der Waals surface area contributed by atoms with Gasteiger partial charge in [0.1, 0.15) is 0 Å². The smallest absolute Gasteiger partial charge is 0.240 e. The van der Waals surface area contributed by atoms with Crippen LogP contribution in [0.1, 0.15) is 18.2 Å². The molecule has 0 aliphatic heterocycles. The monoisotopic (exact) mass is 289 g/mol. The van der Waals surface area contributed by atoms with Crippen molar-refractivity contribution in [2.45, 2.75) is 20.4 Å². The number of amides is 1. The summed E-state index contributed by atoms with van der Waals surface area (Å²) in [6, 6.07) is 10.2. The quantitative estimate of drug-likeness (QED) is 0.889. The summed E-state index contributed by atoms with van der Waals surface area (Å²) in [6.45, 7) is 5.97. The summed E-state index contributed by atoms with van der Waals surface area (Å²) in [5.74, 6) is -0.0165. The normalized spacial score (nSPS) is 10.8. The number of thiazole rings is 1. The van der Waals surface area contributed by atoms with Gasteiger partial charge in [0.15, 0.2) is 5.13 Å². The van der Waals surface area contributed by atoms with Crippen molar-refractivity contribution in [3.05, 3.63) is 47.0 Å². The Balaban J connectivity index is 1.88. The van der Waals surface area contributed by atoms with Crippen molar-refractivity contribution >= 4 is 22.4 Å². The van der Waals surface area contributed by atoms with Crippen molar-refractivity contribution in [2.24, 2.45) is 0 Å². The highest BCUT2D eigenvalue weighted by molar-refractivity contribution is 7.13. The summed E-state index contributed by atoms with van der Waals surface area (Å²) >= 11 is 1.45. The minimum atomic E-state index is -0.0165. The number of hydrogen-bond donors (Lipinski definition) is 1. The van der Waals surface area contributed by atoms with Crippen LogP contribution >= 0.6 is 11.3 Å². The molecule has 0 spiro atoms. The molecule has 1 aromatic heterocycles. The molecule has 20 heavy (non-hydrogen) atoms. The van der Waals surface area contributed by atoms with Crippen molar-refractivity contribution in [2.75, 3.05) is 18.4 Å². The number of hydrogen-bond acceptors (Lipinski definition) is 4. The fourth-order valence-corrected chi connectivity index (χ4v) is 2.60. The van der Waals surface area contributed by atoms with Crippen molar-refractivity contribution in [3.63, 3.8) is 0 Å². The molecule has 0 radical (unpaired) electrons. The molecule has 0 unspecified atom stereocenters. The highest BCUT2D eigenvalue weighted by Gasteiger charge is 2.11. The van der Waals surface area contributed by atoms with Crippen LogP contribution in [0.5, 0.6) is 0 Å². The Morgan fingerprint density at radius 1 is 1.35 bits per heavy atom. The first-order chi connectivity index (χ1) is 9.67. The number of nitrogens with one attached hydrogen (secondary N) is 1. The second-order valence-electron chi connectivity index (χ2n) is 4.63. The molecule has 4 nitrogen and oxygen atoms in total. The third kappa shape index (κ3) is 4.43. The van der Waals surface area contributed by atoms with Gasteiger partial charge >= 0.3 is 0 Å². The molecule has 106 valence electrons. The van der Waals surface area contributed by atoms with Crippen LogP contribution in [0.4, 0.5) is 5.13 Å². The second kappa shape index (κ2) is 7.17. The van der Waals surface area contributed by atoms with Gasteiger partial charge in [-0.05, 0) is 19.0 Å². The van der Waals surface area contributed by atoms with Crippen LogP contribution < -0.4 is 5.32 Å². The molecule has 2 aromatic rings. The van der Waals surface area contributed by atoms with E-state index < -0.39 is 0 Å². The maximum atomic E-state index is 12.0. The molecular formula is C15H19N3OS. The van der Waals surface area contributed by atoms with E-state index in [1.54, 1.807) is 0 Å². The van der Waals surface area contributed by atoms with Gasteiger partial charge in [0.25, 0.3) is 0 Å². The van der Waals surface area contributed by atoms with Gasteiger partial charge in [-0.2, -0.15) is 0 Å². The van der Waals surface area contributed by atoms with Crippen molar-refractivity contribution in [3.8, 4) is 0 Å². The predicted octanol–water partition coefficient (Wildman–Crippen LogP) is 2.91. The van der Waals surface area contributed by atoms with Gasteiger partial charge in [0.2, 0.25) is 5.91 Å². The lowest BCUT2D eigenvalue weighted by Gasteiger charge is -2.19. The molecule has 0 aliphatic carbocycles. The number of carbonyl (C=O) groups excluding carboxylic acids is 1. The van der Waals surface area contributed by atoms with Crippen LogP contribution in [-0.2, 0) is 11.3 Å². The number of anilines is 1. The number of likely N-dealkylation sites (N-methyl/N-ethyl adjacent to an activating group) is 1. The first kappa shape index (κ1) is 14.7. The van der Waals surface area contributed by atoms with Crippen LogP contribution in [0.3, 0.4) is 0 Å². The van der Waals surface area contributed by atoms with Crippen molar-refractivity contribution < 1.29 is 4.79 Å². The zero-order valence-corrected chi connectivity index (χ0v) is 12.6. The van der Waals surface area contributed by atoms with Crippen LogP contribution in [0.25, 0.3) is 0 Å². The average molecular weight is 289 g/mol. The fraction of sp³-hybridized carbons (Fsp3) is 0.333. The highest BCUT2D eigenvalue weighted by Crippen LogP contribution is 2.14. The average Bonchev–Trinajstić information content (AvgIpc) is 2.84. The standard InChI is InChI=1S/C15H19N3OS/c1-3-18(9-13-7-5-4-6-8-13)10-14(19)17-15-16-12(2)11-20-15/h4-8,11H,3,9-10H2,1-2H3,(H,16,17,19). The summed E-state index contributed by atoms with van der Waals surface area (Å²) in [7, 11) is 0. The molecule has 0 saturated carbocycles. The summed E-state index contributed by atoms with van der Waals surface area (Å²) in [6.07, 6.45) is 0. The Morgan fingerprint density at radius 3 is 2.70 bits per heavy atom. The van der Waals surface area contributed by atoms with E-state index in [1.807, 2.05) is 30.5 Å². The Labute approximate surface area is 123 Å². The topological polar surface area (TPSA) is 45.2 Å². The highest BCUT2D eigenvalue weighted by atomic mass is 32.1. The second-order valence-corrected chi connectivity index (χ2v) is 5.49. The zero-order valence-electron chi connectivity index (χ0n) is 11.8. The number of aryl methyl sites for hydroxylation is 1. The van der Waals surface area contributed by atoms with Crippen molar-refractivity contribution in [1.29, 1.82) is 0 Å². The number of benzene rings is 1. The Bertz CT molecular complexity index is 553. The van der Waals surface area contributed by atoms with Crippen LogP contribution in [-0.4, -0.2) is 28.9 Å². The lowest BCUT2D eigenvalue weighted by Crippen LogP contribution is -2.32. The molecule has 0 aliphatic rings. The zero-order chi connectivity index (χ0) is 14.4. The van der Waals surface area contributed by atoms with Gasteiger partial charge in [-0.25, -0.2) is 4.98 Å². The number of aromatic nitrogens is 1. The number of rotatable bonds is 6. The van der Waals surface area contributed by atoms with Crippen LogP contribution in [0.15, 0.2) is 35.7 Å². The molecule has 0 saturated heterocycles.